The summed E-state index contributed by atoms with van der Waals surface area (Å²) in [4.78, 5) is 13.4. The van der Waals surface area contributed by atoms with E-state index in [0.29, 0.717) is 12.1 Å². The Morgan fingerprint density at radius 3 is 2.57 bits per heavy atom. The van der Waals surface area contributed by atoms with E-state index >= 15 is 0 Å². The van der Waals surface area contributed by atoms with Gasteiger partial charge in [-0.15, -0.1) is 0 Å². The third-order valence-electron chi connectivity index (χ3n) is 4.29. The number of rotatable bonds is 2. The highest BCUT2D eigenvalue weighted by Gasteiger charge is 2.35. The molecule has 0 amide bonds. The van der Waals surface area contributed by atoms with Crippen LogP contribution < -0.4 is 4.90 Å². The molecule has 0 unspecified atom stereocenters. The molecule has 1 aliphatic rings. The number of carboxylic acids is 1. The first kappa shape index (κ1) is 13.4. The number of hydrogen-bond acceptors (Lipinski definition) is 3. The van der Waals surface area contributed by atoms with Crippen LogP contribution in [0.2, 0.25) is 0 Å². The Kier molecular flexibility index (Phi) is 3.26. The van der Waals surface area contributed by atoms with Gasteiger partial charge >= 0.3 is 5.97 Å². The molecular weight excluding hydrogens is 264 g/mol. The van der Waals surface area contributed by atoms with Gasteiger partial charge in [-0.25, -0.2) is 0 Å². The largest absolute Gasteiger partial charge is 0.481 e. The molecule has 106 valence electrons. The van der Waals surface area contributed by atoms with Crippen molar-refractivity contribution in [2.24, 2.45) is 11.8 Å². The van der Waals surface area contributed by atoms with E-state index in [-0.39, 0.29) is 11.8 Å². The van der Waals surface area contributed by atoms with E-state index in [1.165, 1.54) is 0 Å². The molecule has 1 N–H and O–H groups in total. The number of aliphatic carboxylic acids is 1. The third kappa shape index (κ3) is 2.21. The number of hydrogen-bond donors (Lipinski definition) is 1. The maximum atomic E-state index is 11.3. The summed E-state index contributed by atoms with van der Waals surface area (Å²) >= 11 is 0. The Morgan fingerprint density at radius 2 is 1.95 bits per heavy atom. The maximum absolute atomic E-state index is 11.3. The Hall–Kier alpha value is -2.54. The first-order valence-electron chi connectivity index (χ1n) is 7.01. The van der Waals surface area contributed by atoms with Gasteiger partial charge in [-0.1, -0.05) is 31.2 Å². The molecule has 4 nitrogen and oxygen atoms in total. The van der Waals surface area contributed by atoms with E-state index < -0.39 is 5.97 Å². The van der Waals surface area contributed by atoms with Crippen molar-refractivity contribution in [3.8, 4) is 6.07 Å². The normalized spacial score (nSPS) is 21.4. The highest BCUT2D eigenvalue weighted by Crippen LogP contribution is 2.34. The zero-order chi connectivity index (χ0) is 15.0. The number of nitriles is 1. The fourth-order valence-corrected chi connectivity index (χ4v) is 3.14. The average Bonchev–Trinajstić information content (AvgIpc) is 2.88. The molecule has 0 spiro atoms. The smallest absolute Gasteiger partial charge is 0.308 e. The minimum absolute atomic E-state index is 0.122. The second kappa shape index (κ2) is 5.10. The van der Waals surface area contributed by atoms with Crippen molar-refractivity contribution in [2.75, 3.05) is 18.0 Å². The van der Waals surface area contributed by atoms with Crippen molar-refractivity contribution < 1.29 is 9.90 Å². The lowest BCUT2D eigenvalue weighted by molar-refractivity contribution is -0.142. The number of benzene rings is 2. The van der Waals surface area contributed by atoms with Crippen LogP contribution in [0.1, 0.15) is 12.5 Å². The summed E-state index contributed by atoms with van der Waals surface area (Å²) in [7, 11) is 0. The topological polar surface area (TPSA) is 64.3 Å². The van der Waals surface area contributed by atoms with Gasteiger partial charge in [0.2, 0.25) is 0 Å². The molecule has 2 atom stereocenters. The van der Waals surface area contributed by atoms with Crippen LogP contribution in [0.25, 0.3) is 10.8 Å². The lowest BCUT2D eigenvalue weighted by Gasteiger charge is -2.21. The molecule has 0 saturated carbocycles. The van der Waals surface area contributed by atoms with E-state index in [1.807, 2.05) is 43.3 Å². The molecule has 1 aliphatic heterocycles. The number of fused-ring (bicyclic) bond motifs is 1. The zero-order valence-corrected chi connectivity index (χ0v) is 11.8. The van der Waals surface area contributed by atoms with E-state index in [2.05, 4.69) is 11.0 Å². The Bertz CT molecular complexity index is 748. The van der Waals surface area contributed by atoms with Crippen molar-refractivity contribution in [2.45, 2.75) is 6.92 Å². The summed E-state index contributed by atoms with van der Waals surface area (Å²) in [5, 5.41) is 20.4. The van der Waals surface area contributed by atoms with Crippen LogP contribution >= 0.6 is 0 Å². The Balaban J connectivity index is 2.07. The molecule has 1 saturated heterocycles. The van der Waals surface area contributed by atoms with Crippen LogP contribution in [0, 0.1) is 23.2 Å². The minimum atomic E-state index is -0.733. The fraction of sp³-hybridized carbons (Fsp3) is 0.294. The van der Waals surface area contributed by atoms with Crippen LogP contribution in [-0.4, -0.2) is 24.2 Å². The lowest BCUT2D eigenvalue weighted by Crippen LogP contribution is -2.23. The van der Waals surface area contributed by atoms with E-state index in [9.17, 15) is 15.2 Å². The molecule has 2 aromatic carbocycles. The number of carbonyl (C=O) groups is 1. The molecule has 21 heavy (non-hydrogen) atoms. The average molecular weight is 280 g/mol. The molecule has 0 aliphatic carbocycles. The first-order chi connectivity index (χ1) is 10.1. The predicted molar refractivity (Wildman–Crippen MR) is 81.2 cm³/mol. The fourth-order valence-electron chi connectivity index (χ4n) is 3.14. The molecule has 1 heterocycles. The van der Waals surface area contributed by atoms with Gasteiger partial charge in [-0.3, -0.25) is 4.79 Å². The van der Waals surface area contributed by atoms with Gasteiger partial charge in [0, 0.05) is 29.5 Å². The lowest BCUT2D eigenvalue weighted by atomic mass is 9.99. The van der Waals surface area contributed by atoms with Crippen LogP contribution in [0.3, 0.4) is 0 Å². The van der Waals surface area contributed by atoms with Gasteiger partial charge in [0.1, 0.15) is 0 Å². The second-order valence-electron chi connectivity index (χ2n) is 5.62. The minimum Gasteiger partial charge on any atom is -0.481 e. The molecule has 1 fully saturated rings. The second-order valence-corrected chi connectivity index (χ2v) is 5.62. The van der Waals surface area contributed by atoms with Crippen molar-refractivity contribution in [3.05, 3.63) is 42.0 Å². The standard InChI is InChI=1S/C17H16N2O2/c1-11-9-19(10-15(11)17(20)21)16-7-6-12(8-18)13-4-2-3-5-14(13)16/h2-7,11,15H,9-10H2,1H3,(H,20,21)/t11-,15-/m1/s1. The monoisotopic (exact) mass is 280 g/mol. The zero-order valence-electron chi connectivity index (χ0n) is 11.8. The van der Waals surface area contributed by atoms with Gasteiger partial charge in [0.15, 0.2) is 0 Å². The predicted octanol–water partition coefficient (Wildman–Crippen LogP) is 2.87. The van der Waals surface area contributed by atoms with Gasteiger partial charge in [0.25, 0.3) is 0 Å². The number of carboxylic acid groups (broad SMARTS) is 1. The SMILES string of the molecule is C[C@@H]1CN(c2ccc(C#N)c3ccccc23)C[C@H]1C(=O)O. The van der Waals surface area contributed by atoms with Gasteiger partial charge in [-0.2, -0.15) is 5.26 Å². The Morgan fingerprint density at radius 1 is 1.24 bits per heavy atom. The Labute approximate surface area is 123 Å². The summed E-state index contributed by atoms with van der Waals surface area (Å²) < 4.78 is 0. The van der Waals surface area contributed by atoms with Crippen molar-refractivity contribution in [1.29, 1.82) is 5.26 Å². The van der Waals surface area contributed by atoms with Crippen LogP contribution in [0.15, 0.2) is 36.4 Å². The maximum Gasteiger partial charge on any atom is 0.308 e. The molecule has 4 heteroatoms. The van der Waals surface area contributed by atoms with Crippen LogP contribution in [0.5, 0.6) is 0 Å². The van der Waals surface area contributed by atoms with Gasteiger partial charge < -0.3 is 10.0 Å². The number of nitrogens with zero attached hydrogens (tertiary/aromatic N) is 2. The van der Waals surface area contributed by atoms with Gasteiger partial charge in [-0.05, 0) is 18.1 Å². The van der Waals surface area contributed by atoms with Crippen molar-refractivity contribution in [3.63, 3.8) is 0 Å². The summed E-state index contributed by atoms with van der Waals surface area (Å²) in [6, 6.07) is 13.7. The molecular formula is C17H16N2O2. The summed E-state index contributed by atoms with van der Waals surface area (Å²) in [6.07, 6.45) is 0. The third-order valence-corrected chi connectivity index (χ3v) is 4.29. The quantitative estimate of drug-likeness (QED) is 0.918. The number of anilines is 1. The summed E-state index contributed by atoms with van der Waals surface area (Å²) in [5.74, 6) is -0.945. The summed E-state index contributed by atoms with van der Waals surface area (Å²) in [6.45, 7) is 3.23. The van der Waals surface area contributed by atoms with Gasteiger partial charge in [0.05, 0.1) is 17.6 Å². The van der Waals surface area contributed by atoms with Crippen LogP contribution in [-0.2, 0) is 4.79 Å². The molecule has 0 aromatic heterocycles. The highest BCUT2D eigenvalue weighted by atomic mass is 16.4. The highest BCUT2D eigenvalue weighted by molar-refractivity contribution is 5.98. The van der Waals surface area contributed by atoms with E-state index in [1.54, 1.807) is 0 Å². The molecule has 0 radical (unpaired) electrons. The molecule has 3 rings (SSSR count). The first-order valence-corrected chi connectivity index (χ1v) is 7.01. The summed E-state index contributed by atoms with van der Waals surface area (Å²) in [5.41, 5.74) is 1.66. The van der Waals surface area contributed by atoms with Crippen molar-refractivity contribution >= 4 is 22.4 Å². The molecule has 2 aromatic rings. The van der Waals surface area contributed by atoms with Crippen molar-refractivity contribution in [1.82, 2.24) is 0 Å². The van der Waals surface area contributed by atoms with E-state index in [0.717, 1.165) is 23.0 Å². The molecule has 0 bridgehead atoms. The van der Waals surface area contributed by atoms with Crippen LogP contribution in [0.4, 0.5) is 5.69 Å². The van der Waals surface area contributed by atoms with E-state index in [4.69, 9.17) is 0 Å².